The maximum atomic E-state index is 6.02. The summed E-state index contributed by atoms with van der Waals surface area (Å²) in [5.74, 6) is 2.98. The summed E-state index contributed by atoms with van der Waals surface area (Å²) in [5, 5.41) is 0. The molecule has 0 amide bonds. The van der Waals surface area contributed by atoms with Gasteiger partial charge in [0.05, 0.1) is 0 Å². The van der Waals surface area contributed by atoms with E-state index in [1.165, 1.54) is 33.6 Å². The number of fused-ring (bicyclic) bond motifs is 1. The molecule has 0 radical (unpaired) electrons. The molecule has 46 heavy (non-hydrogen) atoms. The van der Waals surface area contributed by atoms with Crippen molar-refractivity contribution in [3.8, 4) is 5.75 Å². The second kappa shape index (κ2) is 16.4. The van der Waals surface area contributed by atoms with Crippen molar-refractivity contribution in [3.63, 3.8) is 0 Å². The molecular formula is C39H54Cl2N3ORu-. The molecule has 0 bridgehead atoms. The maximum absolute atomic E-state index is 6.02. The van der Waals surface area contributed by atoms with Gasteiger partial charge in [-0.2, -0.15) is 6.67 Å². The average Bonchev–Trinajstić information content (AvgIpc) is 3.50. The Hall–Kier alpha value is -2.07. The molecule has 1 fully saturated rings. The Morgan fingerprint density at radius 3 is 1.59 bits per heavy atom. The first-order chi connectivity index (χ1) is 21.8. The van der Waals surface area contributed by atoms with Gasteiger partial charge in [-0.25, -0.2) is 0 Å². The van der Waals surface area contributed by atoms with Gasteiger partial charge < -0.3 is 9.80 Å². The van der Waals surface area contributed by atoms with Crippen LogP contribution in [0.1, 0.15) is 120 Å². The van der Waals surface area contributed by atoms with Gasteiger partial charge in [0.1, 0.15) is 0 Å². The quantitative estimate of drug-likeness (QED) is 0.168. The standard InChI is InChI=1S/C27H39N2.C12H15NO.2ClH.Ru/c1-18(2)22-11-9-12-23(19(3)4)26(22)28-15-16-29(17-28)27-24(20(5)6)13-10-14-25(27)21(7)8;1-4-10-8-13(3)11-7-5-6-9(2)12(11)14-10;;;/h9-14,17-21H,15-16H2,1-8H3;2,5-7,10H,4,8H2,1,3H3;2*1H;/q-1;;;;+2/p-2. The number of hydrogen-bond acceptors (Lipinski definition) is 4. The zero-order valence-corrected chi connectivity index (χ0v) is 32.7. The predicted octanol–water partition coefficient (Wildman–Crippen LogP) is 11.0. The van der Waals surface area contributed by atoms with E-state index in [0.29, 0.717) is 23.7 Å². The molecule has 2 aliphatic rings. The van der Waals surface area contributed by atoms with Crippen LogP contribution in [0.2, 0.25) is 0 Å². The fourth-order valence-electron chi connectivity index (χ4n) is 6.48. The van der Waals surface area contributed by atoms with E-state index in [1.807, 2.05) is 16.7 Å². The molecule has 254 valence electrons. The summed E-state index contributed by atoms with van der Waals surface area (Å²) in [7, 11) is 14.0. The number of nitrogens with zero attached hydrogens (tertiary/aromatic N) is 3. The van der Waals surface area contributed by atoms with E-state index in [9.17, 15) is 0 Å². The molecular weight excluding hydrogens is 698 g/mol. The van der Waals surface area contributed by atoms with Crippen LogP contribution in [0.3, 0.4) is 0 Å². The first-order valence-electron chi connectivity index (χ1n) is 16.8. The molecule has 1 atom stereocenters. The summed E-state index contributed by atoms with van der Waals surface area (Å²) in [4.78, 5) is 7.24. The number of likely N-dealkylation sites (N-methyl/N-ethyl adjacent to an activating group) is 1. The minimum absolute atomic E-state index is 0.244. The van der Waals surface area contributed by atoms with Crippen LogP contribution in [0.5, 0.6) is 5.75 Å². The van der Waals surface area contributed by atoms with Gasteiger partial charge in [0.15, 0.2) is 0 Å². The number of rotatable bonds is 8. The van der Waals surface area contributed by atoms with Crippen LogP contribution >= 0.6 is 19.4 Å². The summed E-state index contributed by atoms with van der Waals surface area (Å²) in [6.07, 6.45) is 1.24. The second-order valence-electron chi connectivity index (χ2n) is 13.7. The number of halogens is 2. The van der Waals surface area contributed by atoms with Crippen molar-refractivity contribution in [1.82, 2.24) is 0 Å². The molecule has 4 nitrogen and oxygen atoms in total. The normalized spacial score (nSPS) is 16.6. The topological polar surface area (TPSA) is 19.0 Å². The van der Waals surface area contributed by atoms with Gasteiger partial charge in [0.25, 0.3) is 0 Å². The first-order valence-corrected chi connectivity index (χ1v) is 22.3. The summed E-state index contributed by atoms with van der Waals surface area (Å²) in [6.45, 7) is 26.0. The number of anilines is 3. The molecule has 5 rings (SSSR count). The van der Waals surface area contributed by atoms with Crippen molar-refractivity contribution in [1.29, 1.82) is 0 Å². The third-order valence-electron chi connectivity index (χ3n) is 8.96. The van der Waals surface area contributed by atoms with Crippen LogP contribution in [-0.2, 0) is 13.5 Å². The van der Waals surface area contributed by atoms with Crippen LogP contribution < -0.4 is 19.4 Å². The molecule has 2 heterocycles. The third-order valence-corrected chi connectivity index (χ3v) is 10.8. The van der Waals surface area contributed by atoms with E-state index in [4.69, 9.17) is 24.1 Å². The fourth-order valence-corrected chi connectivity index (χ4v) is 8.27. The van der Waals surface area contributed by atoms with Crippen LogP contribution in [0.15, 0.2) is 54.6 Å². The van der Waals surface area contributed by atoms with Gasteiger partial charge >= 0.3 is 115 Å². The first kappa shape index (κ1) is 36.8. The van der Waals surface area contributed by atoms with Crippen LogP contribution in [0, 0.1) is 6.67 Å². The van der Waals surface area contributed by atoms with Crippen molar-refractivity contribution in [2.75, 3.05) is 41.4 Å². The van der Waals surface area contributed by atoms with Crippen LogP contribution in [-0.4, -0.2) is 37.4 Å². The van der Waals surface area contributed by atoms with E-state index >= 15 is 0 Å². The zero-order valence-electron chi connectivity index (χ0n) is 29.4. The monoisotopic (exact) mass is 752 g/mol. The van der Waals surface area contributed by atoms with Gasteiger partial charge in [-0.1, -0.05) is 91.8 Å². The Morgan fingerprint density at radius 1 is 0.761 bits per heavy atom. The fraction of sp³-hybridized carbons (Fsp3) is 0.487. The Kier molecular flexibility index (Phi) is 13.1. The number of hydrogen-bond donors (Lipinski definition) is 0. The number of para-hydroxylation sites is 3. The number of benzene rings is 3. The van der Waals surface area contributed by atoms with Crippen LogP contribution in [0.4, 0.5) is 17.1 Å². The molecule has 0 aliphatic carbocycles. The van der Waals surface area contributed by atoms with Gasteiger partial charge in [0.2, 0.25) is 0 Å². The van der Waals surface area contributed by atoms with E-state index in [1.54, 1.807) is 0 Å². The van der Waals surface area contributed by atoms with Crippen molar-refractivity contribution < 1.29 is 18.3 Å². The summed E-state index contributed by atoms with van der Waals surface area (Å²) >= 11 is -1.82. The molecule has 1 unspecified atom stereocenters. The SMILES string of the molecule is CC(C)c1cccc(C(C)C)c1N1[CH-]N(c2c(C(C)C)cccc2C(C)C)CC1.CCC1CN(C)c2cccc([CH]=[Ru]([Cl])[Cl])c2O1. The Balaban J connectivity index is 0.000000240. The third kappa shape index (κ3) is 8.50. The van der Waals surface area contributed by atoms with Crippen molar-refractivity contribution in [2.24, 2.45) is 0 Å². The zero-order chi connectivity index (χ0) is 33.7. The van der Waals surface area contributed by atoms with Gasteiger partial charge in [-0.15, -0.1) is 0 Å². The Bertz CT molecular complexity index is 1380. The Morgan fingerprint density at radius 2 is 1.20 bits per heavy atom. The summed E-state index contributed by atoms with van der Waals surface area (Å²) < 4.78 is 7.96. The van der Waals surface area contributed by atoms with Crippen molar-refractivity contribution >= 4 is 41.1 Å². The van der Waals surface area contributed by atoms with Gasteiger partial charge in [0, 0.05) is 24.5 Å². The molecule has 3 aromatic carbocycles. The minimum atomic E-state index is -1.82. The number of ether oxygens (including phenoxy) is 1. The van der Waals surface area contributed by atoms with Crippen molar-refractivity contribution in [3.05, 3.63) is 89.1 Å². The van der Waals surface area contributed by atoms with Crippen LogP contribution in [0.25, 0.3) is 0 Å². The van der Waals surface area contributed by atoms with E-state index in [2.05, 4.69) is 133 Å². The molecule has 0 N–H and O–H groups in total. The Labute approximate surface area is 292 Å². The van der Waals surface area contributed by atoms with Crippen molar-refractivity contribution in [2.45, 2.75) is 98.5 Å². The van der Waals surface area contributed by atoms with Gasteiger partial charge in [-0.3, -0.25) is 0 Å². The summed E-state index contributed by atoms with van der Waals surface area (Å²) in [6, 6.07) is 19.8. The molecule has 0 spiro atoms. The van der Waals surface area contributed by atoms with E-state index in [-0.39, 0.29) is 6.10 Å². The molecule has 0 saturated carbocycles. The predicted molar refractivity (Wildman–Crippen MR) is 200 cm³/mol. The summed E-state index contributed by atoms with van der Waals surface area (Å²) in [5.41, 5.74) is 10.8. The average molecular weight is 753 g/mol. The van der Waals surface area contributed by atoms with E-state index in [0.717, 1.165) is 43.1 Å². The molecule has 2 aliphatic heterocycles. The second-order valence-corrected chi connectivity index (χ2v) is 19.4. The molecule has 1 saturated heterocycles. The van der Waals surface area contributed by atoms with E-state index < -0.39 is 13.5 Å². The molecule has 3 aromatic rings. The van der Waals surface area contributed by atoms with Gasteiger partial charge in [-0.05, 0) is 45.9 Å². The molecule has 7 heteroatoms. The molecule has 0 aromatic heterocycles.